The summed E-state index contributed by atoms with van der Waals surface area (Å²) in [7, 11) is -9.90. The van der Waals surface area contributed by atoms with Crippen LogP contribution in [0.3, 0.4) is 0 Å². The molecule has 0 heterocycles. The van der Waals surface area contributed by atoms with Gasteiger partial charge in [-0.1, -0.05) is 287 Å². The molecule has 0 saturated carbocycles. The van der Waals surface area contributed by atoms with Gasteiger partial charge in [-0.15, -0.1) is 0 Å². The number of ether oxygens (including phenoxy) is 4. The molecule has 0 bridgehead atoms. The van der Waals surface area contributed by atoms with Gasteiger partial charge in [0.15, 0.2) is 12.2 Å². The quantitative estimate of drug-likeness (QED) is 0.0222. The molecule has 88 heavy (non-hydrogen) atoms. The van der Waals surface area contributed by atoms with Crippen molar-refractivity contribution in [2.45, 2.75) is 356 Å². The van der Waals surface area contributed by atoms with Gasteiger partial charge in [0.2, 0.25) is 0 Å². The molecular weight excluding hydrogens is 1160 g/mol. The summed E-state index contributed by atoms with van der Waals surface area (Å²) in [6, 6.07) is 0. The van der Waals surface area contributed by atoms with E-state index in [9.17, 15) is 43.2 Å². The van der Waals surface area contributed by atoms with E-state index in [0.717, 1.165) is 120 Å². The minimum absolute atomic E-state index is 0.103. The standard InChI is InChI=1S/C69H134O17P2/c1-9-61(7)47-39-31-23-18-19-25-36-44-52-69(74)86-65(56-80-67(72)50-42-34-28-27-32-40-48-62(8)10-2)58-84-88(77,78)82-54-63(70)53-81-87(75,76)83-57-64(55-79-66(71)49-41-33-26-20-22-30-38-46-60(5)6)85-68(73)51-43-35-24-17-15-13-11-12-14-16-21-29-37-45-59(3)4/h59-65,70H,9-58H2,1-8H3,(H,75,76)(H,77,78)/t61?,62?,63-,64-,65-/m1/s1. The molecule has 0 spiro atoms. The molecule has 0 saturated heterocycles. The minimum atomic E-state index is -4.95. The van der Waals surface area contributed by atoms with Crippen molar-refractivity contribution in [3.63, 3.8) is 0 Å². The van der Waals surface area contributed by atoms with Crippen LogP contribution in [-0.2, 0) is 65.4 Å². The van der Waals surface area contributed by atoms with E-state index in [1.807, 2.05) is 0 Å². The zero-order valence-corrected chi connectivity index (χ0v) is 59.1. The third-order valence-electron chi connectivity index (χ3n) is 16.5. The molecule has 19 heteroatoms. The predicted molar refractivity (Wildman–Crippen MR) is 354 cm³/mol. The van der Waals surface area contributed by atoms with Gasteiger partial charge in [0.25, 0.3) is 0 Å². The smallest absolute Gasteiger partial charge is 0.462 e. The van der Waals surface area contributed by atoms with Gasteiger partial charge in [-0.2, -0.15) is 0 Å². The molecule has 0 fully saturated rings. The molecule has 4 unspecified atom stereocenters. The molecule has 7 atom stereocenters. The van der Waals surface area contributed by atoms with E-state index in [1.165, 1.54) is 128 Å². The van der Waals surface area contributed by atoms with E-state index in [0.29, 0.717) is 31.6 Å². The third-order valence-corrected chi connectivity index (χ3v) is 18.4. The normalized spacial score (nSPS) is 14.9. The first-order valence-corrected chi connectivity index (χ1v) is 38.8. The average Bonchev–Trinajstić information content (AvgIpc) is 3.62. The lowest BCUT2D eigenvalue weighted by molar-refractivity contribution is -0.161. The van der Waals surface area contributed by atoms with Crippen LogP contribution >= 0.6 is 15.6 Å². The number of rotatable bonds is 66. The summed E-state index contributed by atoms with van der Waals surface area (Å²) < 4.78 is 68.2. The first kappa shape index (κ1) is 86.1. The Balaban J connectivity index is 5.25. The Morgan fingerprint density at radius 2 is 0.545 bits per heavy atom. The van der Waals surface area contributed by atoms with E-state index >= 15 is 0 Å². The number of phosphoric ester groups is 2. The molecule has 0 aromatic heterocycles. The van der Waals surface area contributed by atoms with E-state index in [-0.39, 0.29) is 25.7 Å². The van der Waals surface area contributed by atoms with Gasteiger partial charge in [-0.3, -0.25) is 37.3 Å². The first-order chi connectivity index (χ1) is 42.2. The van der Waals surface area contributed by atoms with E-state index in [2.05, 4.69) is 55.4 Å². The van der Waals surface area contributed by atoms with E-state index < -0.39 is 97.5 Å². The van der Waals surface area contributed by atoms with E-state index in [1.54, 1.807) is 0 Å². The Morgan fingerprint density at radius 3 is 0.807 bits per heavy atom. The van der Waals surface area contributed by atoms with Crippen LogP contribution < -0.4 is 0 Å². The average molecular weight is 1300 g/mol. The Morgan fingerprint density at radius 1 is 0.318 bits per heavy atom. The second kappa shape index (κ2) is 58.8. The second-order valence-corrected chi connectivity index (χ2v) is 29.3. The number of aliphatic hydroxyl groups excluding tert-OH is 1. The zero-order valence-electron chi connectivity index (χ0n) is 57.3. The topological polar surface area (TPSA) is 237 Å². The van der Waals surface area contributed by atoms with Crippen LogP contribution in [0.4, 0.5) is 0 Å². The number of carbonyl (C=O) groups is 4. The fourth-order valence-corrected chi connectivity index (χ4v) is 11.8. The molecule has 0 aliphatic heterocycles. The number of carbonyl (C=O) groups excluding carboxylic acids is 4. The summed E-state index contributed by atoms with van der Waals surface area (Å²) >= 11 is 0. The molecule has 3 N–H and O–H groups in total. The molecule has 0 aromatic carbocycles. The van der Waals surface area contributed by atoms with Gasteiger partial charge in [0.1, 0.15) is 19.3 Å². The van der Waals surface area contributed by atoms with Crippen LogP contribution in [0.5, 0.6) is 0 Å². The van der Waals surface area contributed by atoms with Crippen molar-refractivity contribution in [2.24, 2.45) is 23.7 Å². The monoisotopic (exact) mass is 1300 g/mol. The summed E-state index contributed by atoms with van der Waals surface area (Å²) in [5.41, 5.74) is 0. The van der Waals surface area contributed by atoms with Gasteiger partial charge < -0.3 is 33.8 Å². The van der Waals surface area contributed by atoms with Gasteiger partial charge in [0.05, 0.1) is 26.4 Å². The summed E-state index contributed by atoms with van der Waals surface area (Å²) in [4.78, 5) is 72.5. The highest BCUT2D eigenvalue weighted by Gasteiger charge is 2.30. The van der Waals surface area contributed by atoms with Gasteiger partial charge in [0, 0.05) is 25.7 Å². The molecular formula is C69H134O17P2. The van der Waals surface area contributed by atoms with E-state index in [4.69, 9.17) is 37.0 Å². The summed E-state index contributed by atoms with van der Waals surface area (Å²) in [6.45, 7) is 14.1. The summed E-state index contributed by atoms with van der Waals surface area (Å²) in [6.07, 6.45) is 40.3. The largest absolute Gasteiger partial charge is 0.472 e. The molecule has 17 nitrogen and oxygen atoms in total. The summed E-state index contributed by atoms with van der Waals surface area (Å²) in [5, 5.41) is 10.6. The zero-order chi connectivity index (χ0) is 65.4. The number of phosphoric acid groups is 2. The highest BCUT2D eigenvalue weighted by Crippen LogP contribution is 2.45. The molecule has 0 amide bonds. The summed E-state index contributed by atoms with van der Waals surface area (Å²) in [5.74, 6) is 0.858. The van der Waals surface area contributed by atoms with Crippen molar-refractivity contribution in [3.05, 3.63) is 0 Å². The molecule has 0 rings (SSSR count). The number of hydrogen-bond acceptors (Lipinski definition) is 15. The predicted octanol–water partition coefficient (Wildman–Crippen LogP) is 19.3. The number of aliphatic hydroxyl groups is 1. The maximum absolute atomic E-state index is 13.0. The minimum Gasteiger partial charge on any atom is -0.462 e. The lowest BCUT2D eigenvalue weighted by Gasteiger charge is -2.21. The molecule has 522 valence electrons. The fourth-order valence-electron chi connectivity index (χ4n) is 10.2. The maximum atomic E-state index is 13.0. The first-order valence-electron chi connectivity index (χ1n) is 35.8. The van der Waals surface area contributed by atoms with Gasteiger partial charge in [-0.25, -0.2) is 9.13 Å². The van der Waals surface area contributed by atoms with Crippen LogP contribution in [0, 0.1) is 23.7 Å². The Labute approximate surface area is 537 Å². The van der Waals surface area contributed by atoms with Crippen molar-refractivity contribution < 1.29 is 80.2 Å². The van der Waals surface area contributed by atoms with Crippen molar-refractivity contribution in [2.75, 3.05) is 39.6 Å². The maximum Gasteiger partial charge on any atom is 0.472 e. The number of unbranched alkanes of at least 4 members (excludes halogenated alkanes) is 30. The van der Waals surface area contributed by atoms with Crippen LogP contribution in [0.1, 0.15) is 338 Å². The van der Waals surface area contributed by atoms with Crippen LogP contribution in [0.15, 0.2) is 0 Å². The molecule has 0 aromatic rings. The van der Waals surface area contributed by atoms with Crippen molar-refractivity contribution >= 4 is 39.5 Å². The van der Waals surface area contributed by atoms with Crippen LogP contribution in [0.25, 0.3) is 0 Å². The van der Waals surface area contributed by atoms with Gasteiger partial charge in [-0.05, 0) is 49.4 Å². The van der Waals surface area contributed by atoms with Crippen molar-refractivity contribution in [3.8, 4) is 0 Å². The highest BCUT2D eigenvalue weighted by molar-refractivity contribution is 7.47. The number of hydrogen-bond donors (Lipinski definition) is 3. The highest BCUT2D eigenvalue weighted by atomic mass is 31.2. The Hall–Kier alpha value is -1.94. The lowest BCUT2D eigenvalue weighted by atomic mass is 9.99. The molecule has 0 radical (unpaired) electrons. The second-order valence-electron chi connectivity index (χ2n) is 26.4. The number of esters is 4. The Kier molecular flexibility index (Phi) is 57.6. The van der Waals surface area contributed by atoms with Crippen LogP contribution in [-0.4, -0.2) is 96.7 Å². The molecule has 0 aliphatic rings. The van der Waals surface area contributed by atoms with Crippen LogP contribution in [0.2, 0.25) is 0 Å². The molecule has 0 aliphatic carbocycles. The van der Waals surface area contributed by atoms with Crippen molar-refractivity contribution in [1.82, 2.24) is 0 Å². The fraction of sp³-hybridized carbons (Fsp3) is 0.942. The Bertz CT molecular complexity index is 1750. The van der Waals surface area contributed by atoms with Gasteiger partial charge >= 0.3 is 39.5 Å². The third kappa shape index (κ3) is 60.3. The lowest BCUT2D eigenvalue weighted by Crippen LogP contribution is -2.30. The van der Waals surface area contributed by atoms with Crippen molar-refractivity contribution in [1.29, 1.82) is 0 Å². The SMILES string of the molecule is CCC(C)CCCCCCCCCCC(=O)O[C@H](COC(=O)CCCCCCCCC(C)CC)COP(=O)(O)OC[C@H](O)COP(=O)(O)OC[C@@H](COC(=O)CCCCCCCCCC(C)C)OC(=O)CCCCCCCCCCCCCCCC(C)C.